The van der Waals surface area contributed by atoms with E-state index in [0.717, 1.165) is 6.07 Å². The van der Waals surface area contributed by atoms with Gasteiger partial charge in [-0.1, -0.05) is 36.5 Å². The Morgan fingerprint density at radius 3 is 2.40 bits per heavy atom. The van der Waals surface area contributed by atoms with E-state index in [2.05, 4.69) is 4.98 Å². The molecule has 0 radical (unpaired) electrons. The van der Waals surface area contributed by atoms with Crippen molar-refractivity contribution in [3.63, 3.8) is 0 Å². The summed E-state index contributed by atoms with van der Waals surface area (Å²) in [5.74, 6) is 0. The van der Waals surface area contributed by atoms with E-state index in [0.29, 0.717) is 6.42 Å². The van der Waals surface area contributed by atoms with Gasteiger partial charge in [0.1, 0.15) is 10.3 Å². The smallest absolute Gasteiger partial charge is 0.224 e. The Morgan fingerprint density at radius 1 is 1.33 bits per heavy atom. The number of hydrogen-bond donors (Lipinski definition) is 0. The third-order valence-corrected chi connectivity index (χ3v) is 2.35. The number of halogens is 5. The van der Waals surface area contributed by atoms with E-state index in [1.807, 2.05) is 0 Å². The summed E-state index contributed by atoms with van der Waals surface area (Å²) < 4.78 is 37.8. The molecule has 0 saturated carbocycles. The van der Waals surface area contributed by atoms with Gasteiger partial charge in [-0.3, -0.25) is 0 Å². The van der Waals surface area contributed by atoms with Crippen molar-refractivity contribution >= 4 is 23.2 Å². The van der Waals surface area contributed by atoms with E-state index in [-0.39, 0.29) is 22.3 Å². The molecule has 1 aromatic rings. The van der Waals surface area contributed by atoms with E-state index >= 15 is 0 Å². The highest BCUT2D eigenvalue weighted by molar-refractivity contribution is 6.33. The van der Waals surface area contributed by atoms with Gasteiger partial charge in [0, 0.05) is 5.56 Å². The molecule has 0 aliphatic heterocycles. The average molecular weight is 258 g/mol. The van der Waals surface area contributed by atoms with Crippen molar-refractivity contribution in [3.05, 3.63) is 27.5 Å². The summed E-state index contributed by atoms with van der Waals surface area (Å²) in [5.41, 5.74) is -0.787. The molecule has 15 heavy (non-hydrogen) atoms. The van der Waals surface area contributed by atoms with Crippen LogP contribution in [0.5, 0.6) is 0 Å². The third kappa shape index (κ3) is 2.98. The van der Waals surface area contributed by atoms with Gasteiger partial charge < -0.3 is 0 Å². The topological polar surface area (TPSA) is 12.9 Å². The molecular formula is C9H8Cl2F3N. The zero-order chi connectivity index (χ0) is 11.6. The lowest BCUT2D eigenvalue weighted by Gasteiger charge is -2.13. The van der Waals surface area contributed by atoms with Gasteiger partial charge in [-0.15, -0.1) is 0 Å². The maximum Gasteiger partial charge on any atom is 0.416 e. The number of pyridine rings is 1. The first-order valence-electron chi connectivity index (χ1n) is 4.28. The Morgan fingerprint density at radius 2 is 1.93 bits per heavy atom. The van der Waals surface area contributed by atoms with E-state index in [1.165, 1.54) is 0 Å². The van der Waals surface area contributed by atoms with Gasteiger partial charge in [0.25, 0.3) is 0 Å². The highest BCUT2D eigenvalue weighted by Crippen LogP contribution is 2.36. The van der Waals surface area contributed by atoms with E-state index in [4.69, 9.17) is 23.2 Å². The summed E-state index contributed by atoms with van der Waals surface area (Å²) in [6, 6.07) is 0.804. The maximum atomic E-state index is 12.6. The second kappa shape index (κ2) is 4.58. The molecule has 0 saturated heterocycles. The lowest BCUT2D eigenvalue weighted by molar-refractivity contribution is -0.138. The number of aromatic nitrogens is 1. The maximum absolute atomic E-state index is 12.6. The Balaban J connectivity index is 3.33. The molecule has 1 rings (SSSR count). The fourth-order valence-electron chi connectivity index (χ4n) is 1.25. The third-order valence-electron chi connectivity index (χ3n) is 1.85. The summed E-state index contributed by atoms with van der Waals surface area (Å²) in [6.07, 6.45) is -3.65. The fourth-order valence-corrected chi connectivity index (χ4v) is 1.78. The average Bonchev–Trinajstić information content (AvgIpc) is 2.07. The van der Waals surface area contributed by atoms with Crippen LogP contribution in [0.15, 0.2) is 6.07 Å². The molecule has 0 spiro atoms. The molecule has 0 unspecified atom stereocenters. The Bertz CT molecular complexity index is 363. The van der Waals surface area contributed by atoms with Gasteiger partial charge in [0.05, 0.1) is 5.56 Å². The minimum absolute atomic E-state index is 0.0102. The second-order valence-electron chi connectivity index (χ2n) is 3.01. The van der Waals surface area contributed by atoms with Crippen molar-refractivity contribution in [2.75, 3.05) is 0 Å². The summed E-state index contributed by atoms with van der Waals surface area (Å²) in [6.45, 7) is 1.77. The first-order chi connectivity index (χ1) is 6.86. The molecule has 0 atom stereocenters. The van der Waals surface area contributed by atoms with Gasteiger partial charge in [0.2, 0.25) is 0 Å². The molecule has 1 nitrogen and oxygen atoms in total. The van der Waals surface area contributed by atoms with E-state index in [1.54, 1.807) is 6.92 Å². The van der Waals surface area contributed by atoms with Crippen molar-refractivity contribution in [1.82, 2.24) is 4.98 Å². The molecule has 1 aromatic heterocycles. The molecule has 0 N–H and O–H groups in total. The van der Waals surface area contributed by atoms with Crippen molar-refractivity contribution in [3.8, 4) is 0 Å². The van der Waals surface area contributed by atoms with Crippen molar-refractivity contribution in [2.45, 2.75) is 25.9 Å². The predicted molar refractivity (Wildman–Crippen MR) is 53.3 cm³/mol. The molecule has 0 aromatic carbocycles. The highest BCUT2D eigenvalue weighted by Gasteiger charge is 2.34. The molecule has 6 heteroatoms. The van der Waals surface area contributed by atoms with Crippen LogP contribution in [0, 0.1) is 0 Å². The minimum atomic E-state index is -4.44. The molecule has 1 heterocycles. The minimum Gasteiger partial charge on any atom is -0.224 e. The molecular weight excluding hydrogens is 250 g/mol. The summed E-state index contributed by atoms with van der Waals surface area (Å²) in [5, 5.41) is -0.413. The Kier molecular flexibility index (Phi) is 3.84. The second-order valence-corrected chi connectivity index (χ2v) is 3.75. The summed E-state index contributed by atoms with van der Waals surface area (Å²) in [7, 11) is 0. The molecule has 0 fully saturated rings. The highest BCUT2D eigenvalue weighted by atomic mass is 35.5. The van der Waals surface area contributed by atoms with Crippen molar-refractivity contribution < 1.29 is 13.2 Å². The molecule has 0 amide bonds. The molecule has 0 aliphatic carbocycles. The quantitative estimate of drug-likeness (QED) is 0.718. The SMILES string of the molecule is CCCc1c(C(F)(F)F)cc(Cl)nc1Cl. The van der Waals surface area contributed by atoms with Gasteiger partial charge in [-0.25, -0.2) is 4.98 Å². The van der Waals surface area contributed by atoms with Crippen LogP contribution in [0.4, 0.5) is 13.2 Å². The summed E-state index contributed by atoms with van der Waals surface area (Å²) in [4.78, 5) is 3.60. The van der Waals surface area contributed by atoms with Gasteiger partial charge in [-0.2, -0.15) is 13.2 Å². The van der Waals surface area contributed by atoms with Gasteiger partial charge >= 0.3 is 6.18 Å². The summed E-state index contributed by atoms with van der Waals surface area (Å²) >= 11 is 11.1. The van der Waals surface area contributed by atoms with Crippen LogP contribution in [0.3, 0.4) is 0 Å². The van der Waals surface area contributed by atoms with Crippen LogP contribution in [-0.4, -0.2) is 4.98 Å². The largest absolute Gasteiger partial charge is 0.416 e. The van der Waals surface area contributed by atoms with E-state index in [9.17, 15) is 13.2 Å². The standard InChI is InChI=1S/C9H8Cl2F3N/c1-2-3-5-6(9(12,13)14)4-7(10)15-8(5)11/h4H,2-3H2,1H3. The van der Waals surface area contributed by atoms with Crippen LogP contribution < -0.4 is 0 Å². The molecule has 0 aliphatic rings. The fraction of sp³-hybridized carbons (Fsp3) is 0.444. The molecule has 84 valence electrons. The zero-order valence-corrected chi connectivity index (χ0v) is 9.34. The van der Waals surface area contributed by atoms with Crippen LogP contribution in [0.2, 0.25) is 10.3 Å². The van der Waals surface area contributed by atoms with E-state index < -0.39 is 11.7 Å². The zero-order valence-electron chi connectivity index (χ0n) is 7.83. The van der Waals surface area contributed by atoms with Crippen LogP contribution in [0.1, 0.15) is 24.5 Å². The Labute approximate surface area is 95.2 Å². The number of alkyl halides is 3. The van der Waals surface area contributed by atoms with Gasteiger partial charge in [-0.05, 0) is 12.5 Å². The van der Waals surface area contributed by atoms with Crippen molar-refractivity contribution in [1.29, 1.82) is 0 Å². The van der Waals surface area contributed by atoms with Crippen LogP contribution in [0.25, 0.3) is 0 Å². The predicted octanol–water partition coefficient (Wildman–Crippen LogP) is 4.36. The lowest BCUT2D eigenvalue weighted by atomic mass is 10.1. The Hall–Kier alpha value is -0.480. The number of hydrogen-bond acceptors (Lipinski definition) is 1. The van der Waals surface area contributed by atoms with Gasteiger partial charge in [0.15, 0.2) is 0 Å². The monoisotopic (exact) mass is 257 g/mol. The van der Waals surface area contributed by atoms with Crippen LogP contribution >= 0.6 is 23.2 Å². The normalized spacial score (nSPS) is 11.9. The number of nitrogens with zero attached hydrogens (tertiary/aromatic N) is 1. The lowest BCUT2D eigenvalue weighted by Crippen LogP contribution is -2.10. The molecule has 0 bridgehead atoms. The van der Waals surface area contributed by atoms with Crippen molar-refractivity contribution in [2.24, 2.45) is 0 Å². The first-order valence-corrected chi connectivity index (χ1v) is 5.04. The first kappa shape index (κ1) is 12.6. The number of rotatable bonds is 2. The van der Waals surface area contributed by atoms with Crippen LogP contribution in [-0.2, 0) is 12.6 Å².